The Labute approximate surface area is 610 Å². The van der Waals surface area contributed by atoms with Gasteiger partial charge in [-0.15, -0.1) is 0 Å². The van der Waals surface area contributed by atoms with Gasteiger partial charge >= 0.3 is 17.9 Å². The van der Waals surface area contributed by atoms with Gasteiger partial charge in [-0.3, -0.25) is 0 Å². The van der Waals surface area contributed by atoms with Crippen molar-refractivity contribution in [3.05, 3.63) is 285 Å². The van der Waals surface area contributed by atoms with Crippen molar-refractivity contribution in [2.45, 2.75) is 165 Å². The standard InChI is InChI=1S/C16H18O.2C11H16O2.C11H14O2.C10H11N.2C10H12O2.C10H14O/c1-13(2)15-9-6-10-16(11-15)17-12-14-7-4-3-5-8-14;1-8(2)9-5-10(12-3)7-11(6-9)13-4;1-8(2)11-9(12-3)6-5-7-10(11)13-4;1-8(2)9-5-4-6-10(7-9)11(12)13-3;1-8(2)10-5-3-9(7-11)4-6-10;1-7(2)8-3-5-9(6-4-8)10(11)12;1-7(2)8-4-3-5-9(6-8)10(11)12;1-8(2)9-4-6-10(11-3)7-5-9/h3-11,13H,12H2,1-2H3;2*5-8H,1-4H3;4-8H,1-3H3;3-6,8H,1-2H3;2*3-7H,1-2H3,(H,11,12);4-8H,1-3H3. The lowest BCUT2D eigenvalue weighted by Gasteiger charge is -2.15. The fourth-order valence-electron chi connectivity index (χ4n) is 9.43. The quantitative estimate of drug-likeness (QED) is 0.0731. The predicted molar refractivity (Wildman–Crippen MR) is 418 cm³/mol. The molecule has 9 rings (SSSR count). The maximum atomic E-state index is 11.2. The third-order valence-electron chi connectivity index (χ3n) is 15.9. The SMILES string of the molecule is CC(C)c1ccc(C#N)cc1.CC(C)c1ccc(C(=O)O)cc1.CC(C)c1cccc(C(=O)O)c1.CC(C)c1cccc(OCc2ccccc2)c1.COC(=O)c1cccc(C(C)C)c1.COc1cc(OC)cc(C(C)C)c1.COc1ccc(C(C)C)cc1.COc1cccc(OC)c1C(C)C. The van der Waals surface area contributed by atoms with Crippen molar-refractivity contribution < 1.29 is 57.8 Å². The third kappa shape index (κ3) is 32.8. The number of nitriles is 1. The summed E-state index contributed by atoms with van der Waals surface area (Å²) in [6, 6.07) is 69.9. The molecule has 0 heterocycles. The van der Waals surface area contributed by atoms with E-state index in [1.807, 2.05) is 147 Å². The number of rotatable bonds is 19. The molecule has 0 unspecified atom stereocenters. The molecule has 2 N–H and O–H groups in total. The molecule has 0 aliphatic carbocycles. The van der Waals surface area contributed by atoms with Gasteiger partial charge in [0.05, 0.1) is 71.0 Å². The smallest absolute Gasteiger partial charge is 0.337 e. The maximum Gasteiger partial charge on any atom is 0.337 e. The monoisotopic (exact) mass is 1390 g/mol. The summed E-state index contributed by atoms with van der Waals surface area (Å²) in [5.74, 6) is 7.20. The van der Waals surface area contributed by atoms with E-state index in [1.165, 1.54) is 40.5 Å². The number of carbonyl (C=O) groups is 3. The Kier molecular flexibility index (Phi) is 41.0. The number of ether oxygens (including phenoxy) is 7. The first kappa shape index (κ1) is 87.8. The van der Waals surface area contributed by atoms with Crippen LogP contribution in [0.2, 0.25) is 0 Å². The molecule has 0 aliphatic heterocycles. The Balaban J connectivity index is 0.000000398. The number of nitrogens with zero attached hydrogens (tertiary/aromatic N) is 1. The summed E-state index contributed by atoms with van der Waals surface area (Å²) in [6.45, 7) is 34.6. The van der Waals surface area contributed by atoms with Gasteiger partial charge < -0.3 is 43.4 Å². The van der Waals surface area contributed by atoms with Crippen molar-refractivity contribution in [3.8, 4) is 40.6 Å². The first-order valence-corrected chi connectivity index (χ1v) is 34.7. The molecule has 13 heteroatoms. The number of carbonyl (C=O) groups excluding carboxylic acids is 1. The molecule has 0 amide bonds. The Morgan fingerprint density at radius 2 is 0.706 bits per heavy atom. The zero-order chi connectivity index (χ0) is 76.4. The number of carboxylic acids is 2. The first-order valence-electron chi connectivity index (χ1n) is 34.7. The zero-order valence-corrected chi connectivity index (χ0v) is 64.5. The highest BCUT2D eigenvalue weighted by Gasteiger charge is 2.14. The summed E-state index contributed by atoms with van der Waals surface area (Å²) >= 11 is 0. The van der Waals surface area contributed by atoms with Crippen LogP contribution in [0.1, 0.15) is 245 Å². The topological polar surface area (TPSA) is 180 Å². The van der Waals surface area contributed by atoms with Crippen molar-refractivity contribution in [2.24, 2.45) is 0 Å². The van der Waals surface area contributed by atoms with Crippen molar-refractivity contribution in [1.29, 1.82) is 5.26 Å². The van der Waals surface area contributed by atoms with Gasteiger partial charge in [-0.05, 0) is 189 Å². The van der Waals surface area contributed by atoms with Crippen LogP contribution in [0.4, 0.5) is 0 Å². The second-order valence-corrected chi connectivity index (χ2v) is 26.3. The highest BCUT2D eigenvalue weighted by atomic mass is 16.5. The van der Waals surface area contributed by atoms with Crippen molar-refractivity contribution in [1.82, 2.24) is 0 Å². The van der Waals surface area contributed by atoms with Gasteiger partial charge in [0, 0.05) is 11.6 Å². The van der Waals surface area contributed by atoms with Gasteiger partial charge in [0.2, 0.25) is 0 Å². The molecule has 0 atom stereocenters. The average molecular weight is 1390 g/mol. The van der Waals surface area contributed by atoms with Gasteiger partial charge in [-0.1, -0.05) is 220 Å². The number of esters is 1. The second kappa shape index (κ2) is 47.7. The number of methoxy groups -OCH3 is 6. The van der Waals surface area contributed by atoms with Crippen LogP contribution in [-0.2, 0) is 11.3 Å². The Hall–Kier alpha value is -10.3. The number of benzene rings is 9. The van der Waals surface area contributed by atoms with Gasteiger partial charge in [-0.25, -0.2) is 14.4 Å². The number of aromatic carboxylic acids is 2. The molecular formula is C89H113NO12. The summed E-state index contributed by atoms with van der Waals surface area (Å²) in [5.41, 5.74) is 13.0. The van der Waals surface area contributed by atoms with Crippen molar-refractivity contribution in [3.63, 3.8) is 0 Å². The highest BCUT2D eigenvalue weighted by Crippen LogP contribution is 2.35. The lowest BCUT2D eigenvalue weighted by molar-refractivity contribution is 0.0598. The number of hydrogen-bond acceptors (Lipinski definition) is 11. The summed E-state index contributed by atoms with van der Waals surface area (Å²) in [6.07, 6.45) is 0. The van der Waals surface area contributed by atoms with Gasteiger partial charge in [-0.2, -0.15) is 5.26 Å². The first-order chi connectivity index (χ1) is 48.5. The molecule has 0 bridgehead atoms. The third-order valence-corrected chi connectivity index (χ3v) is 15.9. The number of hydrogen-bond donors (Lipinski definition) is 2. The maximum absolute atomic E-state index is 11.2. The molecule has 0 spiro atoms. The molecule has 9 aromatic rings. The normalized spacial score (nSPS) is 10.2. The second-order valence-electron chi connectivity index (χ2n) is 26.3. The molecule has 9 aromatic carbocycles. The predicted octanol–water partition coefficient (Wildman–Crippen LogP) is 23.2. The van der Waals surface area contributed by atoms with E-state index in [2.05, 4.69) is 150 Å². The molecule has 0 aromatic heterocycles. The van der Waals surface area contributed by atoms with Crippen molar-refractivity contribution in [2.75, 3.05) is 42.7 Å². The van der Waals surface area contributed by atoms with Crippen LogP contribution >= 0.6 is 0 Å². The van der Waals surface area contributed by atoms with E-state index < -0.39 is 11.9 Å². The van der Waals surface area contributed by atoms with Gasteiger partial charge in [0.25, 0.3) is 0 Å². The van der Waals surface area contributed by atoms with Crippen LogP contribution in [0.5, 0.6) is 34.5 Å². The molecule has 102 heavy (non-hydrogen) atoms. The van der Waals surface area contributed by atoms with E-state index in [4.69, 9.17) is 43.9 Å². The minimum absolute atomic E-state index is 0.275. The van der Waals surface area contributed by atoms with Crippen LogP contribution in [0.15, 0.2) is 212 Å². The lowest BCUT2D eigenvalue weighted by atomic mass is 10.0. The van der Waals surface area contributed by atoms with Crippen LogP contribution in [-0.4, -0.2) is 70.8 Å². The molecule has 0 saturated heterocycles. The summed E-state index contributed by atoms with van der Waals surface area (Å²) in [4.78, 5) is 32.2. The Morgan fingerprint density at radius 1 is 0.333 bits per heavy atom. The molecule has 13 nitrogen and oxygen atoms in total. The van der Waals surface area contributed by atoms with Gasteiger partial charge in [0.1, 0.15) is 41.1 Å². The Morgan fingerprint density at radius 3 is 1.09 bits per heavy atom. The van der Waals surface area contributed by atoms with E-state index in [-0.39, 0.29) is 5.97 Å². The van der Waals surface area contributed by atoms with E-state index in [1.54, 1.807) is 71.9 Å². The van der Waals surface area contributed by atoms with E-state index in [0.717, 1.165) is 56.8 Å². The fraction of sp³-hybridized carbons (Fsp3) is 0.348. The van der Waals surface area contributed by atoms with E-state index >= 15 is 0 Å². The largest absolute Gasteiger partial charge is 0.497 e. The molecular weight excluding hydrogens is 1270 g/mol. The van der Waals surface area contributed by atoms with Crippen LogP contribution in [0, 0.1) is 11.3 Å². The van der Waals surface area contributed by atoms with Crippen LogP contribution < -0.4 is 28.4 Å². The molecule has 0 fully saturated rings. The highest BCUT2D eigenvalue weighted by molar-refractivity contribution is 5.89. The average Bonchev–Trinajstić information content (AvgIpc) is 0.836. The van der Waals surface area contributed by atoms with Gasteiger partial charge in [0.15, 0.2) is 0 Å². The number of carboxylic acid groups (broad SMARTS) is 2. The van der Waals surface area contributed by atoms with E-state index in [9.17, 15) is 14.4 Å². The minimum atomic E-state index is -0.870. The molecule has 0 saturated carbocycles. The summed E-state index contributed by atoms with van der Waals surface area (Å²) in [5, 5.41) is 25.8. The van der Waals surface area contributed by atoms with Crippen LogP contribution in [0.25, 0.3) is 0 Å². The summed E-state index contributed by atoms with van der Waals surface area (Å²) < 4.78 is 36.3. The Bertz CT molecular complexity index is 3840. The lowest BCUT2D eigenvalue weighted by Crippen LogP contribution is -2.01. The molecule has 546 valence electrons. The van der Waals surface area contributed by atoms with Crippen LogP contribution in [0.3, 0.4) is 0 Å². The van der Waals surface area contributed by atoms with Crippen molar-refractivity contribution >= 4 is 17.9 Å². The van der Waals surface area contributed by atoms with E-state index in [0.29, 0.717) is 70.6 Å². The summed E-state index contributed by atoms with van der Waals surface area (Å²) in [7, 11) is 9.77. The zero-order valence-electron chi connectivity index (χ0n) is 64.5. The fourth-order valence-corrected chi connectivity index (χ4v) is 9.43. The molecule has 0 aliphatic rings. The molecule has 0 radical (unpaired) electrons. The minimum Gasteiger partial charge on any atom is -0.497 e.